The van der Waals surface area contributed by atoms with Crippen molar-refractivity contribution in [3.05, 3.63) is 0 Å². The molecule has 0 aliphatic carbocycles. The molecular weight excluding hydrogens is 749 g/mol. The highest BCUT2D eigenvalue weighted by Crippen LogP contribution is 2.24. The zero-order valence-electron chi connectivity index (χ0n) is 41.0. The first kappa shape index (κ1) is 58.2. The summed E-state index contributed by atoms with van der Waals surface area (Å²) < 4.78 is 17.1. The van der Waals surface area contributed by atoms with Crippen LogP contribution in [-0.2, 0) is 23.8 Å². The highest BCUT2D eigenvalue weighted by Gasteiger charge is 2.17. The number of hydrogen-bond acceptors (Lipinski definition) is 7. The van der Waals surface area contributed by atoms with E-state index in [9.17, 15) is 14.4 Å². The number of esters is 2. The van der Waals surface area contributed by atoms with Gasteiger partial charge in [0.25, 0.3) is 0 Å². The van der Waals surface area contributed by atoms with Gasteiger partial charge in [-0.15, -0.1) is 0 Å². The van der Waals surface area contributed by atoms with Crippen LogP contribution >= 0.6 is 0 Å². The van der Waals surface area contributed by atoms with Crippen molar-refractivity contribution in [3.8, 4) is 0 Å². The second-order valence-electron chi connectivity index (χ2n) is 18.5. The van der Waals surface area contributed by atoms with Crippen molar-refractivity contribution in [2.45, 2.75) is 252 Å². The number of rotatable bonds is 46. The van der Waals surface area contributed by atoms with Crippen molar-refractivity contribution in [1.29, 1.82) is 0 Å². The van der Waals surface area contributed by atoms with Crippen LogP contribution in [0, 0.1) is 11.8 Å². The van der Waals surface area contributed by atoms with Gasteiger partial charge in [-0.05, 0) is 96.6 Å². The normalized spacial score (nSPS) is 12.4. The fourth-order valence-electron chi connectivity index (χ4n) is 8.25. The van der Waals surface area contributed by atoms with Gasteiger partial charge in [0.05, 0.1) is 19.8 Å². The molecule has 0 aromatic rings. The Morgan fingerprint density at radius 1 is 0.367 bits per heavy atom. The van der Waals surface area contributed by atoms with Crippen molar-refractivity contribution in [1.82, 2.24) is 9.80 Å². The van der Waals surface area contributed by atoms with E-state index in [-0.39, 0.29) is 18.0 Å². The molecule has 0 saturated carbocycles. The van der Waals surface area contributed by atoms with Gasteiger partial charge >= 0.3 is 18.0 Å². The molecule has 0 aromatic carbocycles. The quantitative estimate of drug-likeness (QED) is 0.0342. The molecule has 0 bridgehead atoms. The third-order valence-corrected chi connectivity index (χ3v) is 12.2. The molecule has 1 amide bonds. The zero-order valence-corrected chi connectivity index (χ0v) is 41.0. The molecule has 60 heavy (non-hydrogen) atoms. The van der Waals surface area contributed by atoms with Gasteiger partial charge < -0.3 is 24.0 Å². The molecule has 0 fully saturated rings. The van der Waals surface area contributed by atoms with E-state index in [1.807, 2.05) is 19.0 Å². The lowest BCUT2D eigenvalue weighted by molar-refractivity contribution is -0.146. The van der Waals surface area contributed by atoms with Crippen LogP contribution in [0.4, 0.5) is 4.79 Å². The van der Waals surface area contributed by atoms with E-state index < -0.39 is 0 Å². The maximum absolute atomic E-state index is 13.1. The topological polar surface area (TPSA) is 85.4 Å². The lowest BCUT2D eigenvalue weighted by atomic mass is 9.91. The standard InChI is InChI=1S/C52H102N2O6/c1-7-11-15-19-21-29-38-48(36-27-17-13-9-3)46-50(55)58-43-33-25-23-31-41-54(52(57)60-45-35-40-53(5)6)42-32-24-26-34-44-59-51(56)47-49(37-28-18-14-10-4)39-30-22-20-16-12-8-2/h48-49H,7-47H2,1-6H3. The Balaban J connectivity index is 4.59. The first-order valence-corrected chi connectivity index (χ1v) is 26.1. The van der Waals surface area contributed by atoms with Gasteiger partial charge in [-0.2, -0.15) is 0 Å². The van der Waals surface area contributed by atoms with Gasteiger partial charge in [0.1, 0.15) is 0 Å². The zero-order chi connectivity index (χ0) is 44.2. The second kappa shape index (κ2) is 45.2. The largest absolute Gasteiger partial charge is 0.466 e. The number of carbonyl (C=O) groups excluding carboxylic acids is 3. The Morgan fingerprint density at radius 3 is 1.07 bits per heavy atom. The van der Waals surface area contributed by atoms with Crippen molar-refractivity contribution in [3.63, 3.8) is 0 Å². The van der Waals surface area contributed by atoms with Crippen LogP contribution in [-0.4, -0.2) is 81.4 Å². The molecule has 2 unspecified atom stereocenters. The third kappa shape index (κ3) is 40.3. The van der Waals surface area contributed by atoms with Crippen molar-refractivity contribution in [2.24, 2.45) is 11.8 Å². The fraction of sp³-hybridized carbons (Fsp3) is 0.942. The summed E-state index contributed by atoms with van der Waals surface area (Å²) in [6.07, 6.45) is 39.4. The Morgan fingerprint density at radius 2 is 0.683 bits per heavy atom. The van der Waals surface area contributed by atoms with Crippen LogP contribution in [0.1, 0.15) is 252 Å². The van der Waals surface area contributed by atoms with Gasteiger partial charge in [-0.1, -0.05) is 169 Å². The van der Waals surface area contributed by atoms with E-state index in [1.54, 1.807) is 0 Å². The Labute approximate surface area is 373 Å². The predicted molar refractivity (Wildman–Crippen MR) is 255 cm³/mol. The molecule has 2 atom stereocenters. The summed E-state index contributed by atoms with van der Waals surface area (Å²) in [5.41, 5.74) is 0. The molecule has 8 heteroatoms. The van der Waals surface area contributed by atoms with Crippen LogP contribution in [0.15, 0.2) is 0 Å². The Bertz CT molecular complexity index is 885. The molecule has 8 nitrogen and oxygen atoms in total. The van der Waals surface area contributed by atoms with Crippen molar-refractivity contribution >= 4 is 18.0 Å². The van der Waals surface area contributed by atoms with E-state index in [4.69, 9.17) is 14.2 Å². The predicted octanol–water partition coefficient (Wildman–Crippen LogP) is 15.0. The smallest absolute Gasteiger partial charge is 0.409 e. The van der Waals surface area contributed by atoms with Crippen LogP contribution in [0.3, 0.4) is 0 Å². The van der Waals surface area contributed by atoms with Crippen LogP contribution in [0.2, 0.25) is 0 Å². The number of carbonyl (C=O) groups is 3. The average Bonchev–Trinajstić information content (AvgIpc) is 3.23. The molecule has 0 rings (SSSR count). The first-order chi connectivity index (χ1) is 29.3. The summed E-state index contributed by atoms with van der Waals surface area (Å²) in [7, 11) is 4.06. The molecule has 0 N–H and O–H groups in total. The molecule has 0 aromatic heterocycles. The molecule has 0 spiro atoms. The molecule has 0 saturated heterocycles. The van der Waals surface area contributed by atoms with Crippen molar-refractivity contribution in [2.75, 3.05) is 53.6 Å². The molecule has 0 radical (unpaired) electrons. The fourth-order valence-corrected chi connectivity index (χ4v) is 8.25. The minimum Gasteiger partial charge on any atom is -0.466 e. The maximum atomic E-state index is 13.1. The Kier molecular flexibility index (Phi) is 43.8. The second-order valence-corrected chi connectivity index (χ2v) is 18.5. The summed E-state index contributed by atoms with van der Waals surface area (Å²) in [6.45, 7) is 12.7. The van der Waals surface area contributed by atoms with Crippen LogP contribution in [0.5, 0.6) is 0 Å². The van der Waals surface area contributed by atoms with Gasteiger partial charge in [-0.3, -0.25) is 9.59 Å². The highest BCUT2D eigenvalue weighted by molar-refractivity contribution is 5.70. The molecule has 0 heterocycles. The highest BCUT2D eigenvalue weighted by atomic mass is 16.6. The Hall–Kier alpha value is -1.83. The number of unbranched alkanes of at least 4 members (excludes halogenated alkanes) is 22. The molecule has 0 aliphatic heterocycles. The van der Waals surface area contributed by atoms with Crippen LogP contribution in [0.25, 0.3) is 0 Å². The molecular formula is C52H102N2O6. The minimum atomic E-state index is -0.216. The SMILES string of the molecule is CCCCCCCCC(CCCCCC)CC(=O)OCCCCCCN(CCCCCCOC(=O)CC(CCCCCC)CCCCCCCC)C(=O)OCCCN(C)C. The number of nitrogens with zero attached hydrogens (tertiary/aromatic N) is 2. The number of amides is 1. The minimum absolute atomic E-state index is 0.0246. The monoisotopic (exact) mass is 851 g/mol. The van der Waals surface area contributed by atoms with E-state index >= 15 is 0 Å². The lowest BCUT2D eigenvalue weighted by Crippen LogP contribution is -2.34. The van der Waals surface area contributed by atoms with E-state index in [0.29, 0.717) is 57.6 Å². The summed E-state index contributed by atoms with van der Waals surface area (Å²) >= 11 is 0. The van der Waals surface area contributed by atoms with Gasteiger partial charge in [0.2, 0.25) is 0 Å². The summed E-state index contributed by atoms with van der Waals surface area (Å²) in [6, 6.07) is 0. The van der Waals surface area contributed by atoms with Crippen molar-refractivity contribution < 1.29 is 28.6 Å². The van der Waals surface area contributed by atoms with Gasteiger partial charge in [0, 0.05) is 32.5 Å². The van der Waals surface area contributed by atoms with E-state index in [0.717, 1.165) is 90.0 Å². The summed E-state index contributed by atoms with van der Waals surface area (Å²) in [5, 5.41) is 0. The maximum Gasteiger partial charge on any atom is 0.409 e. The summed E-state index contributed by atoms with van der Waals surface area (Å²) in [4.78, 5) is 42.6. The molecule has 0 aliphatic rings. The van der Waals surface area contributed by atoms with Gasteiger partial charge in [0.15, 0.2) is 0 Å². The lowest BCUT2D eigenvalue weighted by Gasteiger charge is -2.22. The average molecular weight is 851 g/mol. The first-order valence-electron chi connectivity index (χ1n) is 26.1. The number of ether oxygens (including phenoxy) is 3. The number of hydrogen-bond donors (Lipinski definition) is 0. The summed E-state index contributed by atoms with van der Waals surface area (Å²) in [5.74, 6) is 0.865. The van der Waals surface area contributed by atoms with Crippen LogP contribution < -0.4 is 0 Å². The van der Waals surface area contributed by atoms with E-state index in [1.165, 1.54) is 128 Å². The van der Waals surface area contributed by atoms with Gasteiger partial charge in [-0.25, -0.2) is 4.79 Å². The molecule has 356 valence electrons. The van der Waals surface area contributed by atoms with E-state index in [2.05, 4.69) is 32.6 Å². The third-order valence-electron chi connectivity index (χ3n) is 12.2.